The Labute approximate surface area is 75.9 Å². The Hall–Kier alpha value is -0.100. The first-order chi connectivity index (χ1) is 5.74. The number of rotatable bonds is 4. The van der Waals surface area contributed by atoms with Crippen molar-refractivity contribution in [3.8, 4) is 0 Å². The highest BCUT2D eigenvalue weighted by molar-refractivity contribution is 7.16. The molecule has 0 aromatic heterocycles. The first kappa shape index (κ1) is 9.98. The first-order valence-corrected chi connectivity index (χ1v) is 5.48. The normalized spacial score (nSPS) is 29.1. The molecule has 12 heavy (non-hydrogen) atoms. The van der Waals surface area contributed by atoms with Gasteiger partial charge >= 0.3 is 5.97 Å². The van der Waals surface area contributed by atoms with Crippen LogP contribution < -0.4 is 0 Å². The summed E-state index contributed by atoms with van der Waals surface area (Å²) >= 11 is 0. The van der Waals surface area contributed by atoms with E-state index in [1.807, 2.05) is 0 Å². The Kier molecular flexibility index (Phi) is 4.00. The van der Waals surface area contributed by atoms with E-state index in [1.54, 1.807) is 0 Å². The van der Waals surface area contributed by atoms with Crippen molar-refractivity contribution < 1.29 is 9.90 Å². The molecule has 3 unspecified atom stereocenters. The maximum atomic E-state index is 10.6. The molecule has 1 N–H and O–H groups in total. The van der Waals surface area contributed by atoms with Crippen LogP contribution in [0.15, 0.2) is 0 Å². The van der Waals surface area contributed by atoms with E-state index in [-0.39, 0.29) is 5.92 Å². The van der Waals surface area contributed by atoms with E-state index in [1.165, 1.54) is 12.8 Å². The molecule has 0 aliphatic heterocycles. The van der Waals surface area contributed by atoms with E-state index in [4.69, 9.17) is 5.11 Å². The summed E-state index contributed by atoms with van der Waals surface area (Å²) in [6, 6.07) is 0. The molecule has 1 aliphatic carbocycles. The van der Waals surface area contributed by atoms with Gasteiger partial charge in [0.25, 0.3) is 0 Å². The highest BCUT2D eigenvalue weighted by Crippen LogP contribution is 2.33. The summed E-state index contributed by atoms with van der Waals surface area (Å²) < 4.78 is 0. The van der Waals surface area contributed by atoms with Gasteiger partial charge in [0.2, 0.25) is 0 Å². The van der Waals surface area contributed by atoms with E-state index >= 15 is 0 Å². The predicted octanol–water partition coefficient (Wildman–Crippen LogP) is 2.14. The van der Waals surface area contributed by atoms with Crippen molar-refractivity contribution in [3.63, 3.8) is 0 Å². The minimum absolute atomic E-state index is 0.0421. The third-order valence-corrected chi connectivity index (χ3v) is 3.12. The molecule has 70 valence electrons. The van der Waals surface area contributed by atoms with Crippen LogP contribution in [0.1, 0.15) is 32.1 Å². The summed E-state index contributed by atoms with van der Waals surface area (Å²) in [4.78, 5) is 10.6. The fourth-order valence-corrected chi connectivity index (χ4v) is 2.20. The molecule has 0 heterocycles. The molecule has 3 atom stereocenters. The average Bonchev–Trinajstić information content (AvgIpc) is 2.48. The van der Waals surface area contributed by atoms with Gasteiger partial charge in [-0.25, -0.2) is 0 Å². The lowest BCUT2D eigenvalue weighted by Crippen LogP contribution is -2.09. The van der Waals surface area contributed by atoms with Crippen LogP contribution in [0.4, 0.5) is 0 Å². The van der Waals surface area contributed by atoms with Crippen LogP contribution in [-0.2, 0) is 4.79 Å². The molecule has 0 amide bonds. The second-order valence-corrected chi connectivity index (χ2v) is 4.22. The summed E-state index contributed by atoms with van der Waals surface area (Å²) in [5.41, 5.74) is 0. The zero-order valence-electron chi connectivity index (χ0n) is 7.33. The zero-order valence-corrected chi connectivity index (χ0v) is 8.48. The van der Waals surface area contributed by atoms with Crippen LogP contribution in [0.2, 0.25) is 0 Å². The quantitative estimate of drug-likeness (QED) is 0.686. The van der Waals surface area contributed by atoms with E-state index in [0.29, 0.717) is 5.92 Å². The molecule has 0 saturated heterocycles. The van der Waals surface area contributed by atoms with Gasteiger partial charge < -0.3 is 5.11 Å². The molecule has 1 fully saturated rings. The van der Waals surface area contributed by atoms with Gasteiger partial charge in [0.1, 0.15) is 0 Å². The Bertz CT molecular complexity index is 159. The lowest BCUT2D eigenvalue weighted by Gasteiger charge is -2.07. The lowest BCUT2D eigenvalue weighted by atomic mass is 10.0. The minimum Gasteiger partial charge on any atom is -0.481 e. The second kappa shape index (κ2) is 4.81. The molecule has 1 rings (SSSR count). The van der Waals surface area contributed by atoms with Crippen molar-refractivity contribution in [2.75, 3.05) is 6.16 Å². The van der Waals surface area contributed by atoms with E-state index in [9.17, 15) is 4.79 Å². The molecule has 1 saturated carbocycles. The summed E-state index contributed by atoms with van der Waals surface area (Å²) in [7, 11) is 2.72. The van der Waals surface area contributed by atoms with Crippen molar-refractivity contribution in [1.29, 1.82) is 0 Å². The fourth-order valence-electron chi connectivity index (χ4n) is 1.97. The van der Waals surface area contributed by atoms with Crippen molar-refractivity contribution in [3.05, 3.63) is 0 Å². The summed E-state index contributed by atoms with van der Waals surface area (Å²) in [6.07, 6.45) is 6.53. The Morgan fingerprint density at radius 1 is 1.50 bits per heavy atom. The van der Waals surface area contributed by atoms with Crippen molar-refractivity contribution in [2.45, 2.75) is 32.1 Å². The highest BCUT2D eigenvalue weighted by atomic mass is 31.0. The topological polar surface area (TPSA) is 37.3 Å². The van der Waals surface area contributed by atoms with Crippen LogP contribution >= 0.6 is 9.24 Å². The van der Waals surface area contributed by atoms with Gasteiger partial charge in [-0.3, -0.25) is 4.79 Å². The number of carboxylic acid groups (broad SMARTS) is 1. The van der Waals surface area contributed by atoms with E-state index in [2.05, 4.69) is 9.24 Å². The third-order valence-electron chi connectivity index (χ3n) is 2.71. The van der Waals surface area contributed by atoms with Crippen molar-refractivity contribution in [1.82, 2.24) is 0 Å². The van der Waals surface area contributed by atoms with Gasteiger partial charge in [0.05, 0.1) is 5.92 Å². The number of hydrogen-bond donors (Lipinski definition) is 1. The van der Waals surface area contributed by atoms with Gasteiger partial charge in [-0.15, -0.1) is 9.24 Å². The number of hydrogen-bond acceptors (Lipinski definition) is 1. The Balaban J connectivity index is 2.21. The molecule has 0 spiro atoms. The molecule has 3 heteroatoms. The van der Waals surface area contributed by atoms with Crippen LogP contribution in [-0.4, -0.2) is 17.2 Å². The number of aliphatic carboxylic acids is 1. The Morgan fingerprint density at radius 3 is 2.75 bits per heavy atom. The van der Waals surface area contributed by atoms with Gasteiger partial charge in [-0.2, -0.15) is 0 Å². The standard InChI is InChI=1S/C9H17O2P/c10-9(11)8-4-3-7(6-8)2-1-5-12/h7-8H,1-6,12H2,(H,10,11). The average molecular weight is 188 g/mol. The predicted molar refractivity (Wildman–Crippen MR) is 52.3 cm³/mol. The highest BCUT2D eigenvalue weighted by Gasteiger charge is 2.28. The van der Waals surface area contributed by atoms with Gasteiger partial charge in [-0.05, 0) is 37.8 Å². The molecule has 0 aromatic rings. The van der Waals surface area contributed by atoms with Crippen LogP contribution in [0.5, 0.6) is 0 Å². The molecular formula is C9H17O2P. The molecule has 2 nitrogen and oxygen atoms in total. The molecular weight excluding hydrogens is 171 g/mol. The lowest BCUT2D eigenvalue weighted by molar-refractivity contribution is -0.141. The summed E-state index contributed by atoms with van der Waals surface area (Å²) in [5, 5.41) is 8.75. The molecule has 0 aromatic carbocycles. The van der Waals surface area contributed by atoms with Crippen LogP contribution in [0.25, 0.3) is 0 Å². The molecule has 0 bridgehead atoms. The van der Waals surface area contributed by atoms with Crippen molar-refractivity contribution >= 4 is 15.2 Å². The fraction of sp³-hybridized carbons (Fsp3) is 0.889. The number of carbonyl (C=O) groups is 1. The molecule has 0 radical (unpaired) electrons. The summed E-state index contributed by atoms with van der Waals surface area (Å²) in [5.74, 6) is 0.0505. The van der Waals surface area contributed by atoms with Crippen molar-refractivity contribution in [2.24, 2.45) is 11.8 Å². The van der Waals surface area contributed by atoms with Gasteiger partial charge in [-0.1, -0.05) is 6.42 Å². The third kappa shape index (κ3) is 2.75. The van der Waals surface area contributed by atoms with Crippen LogP contribution in [0, 0.1) is 11.8 Å². The number of carboxylic acids is 1. The Morgan fingerprint density at radius 2 is 2.25 bits per heavy atom. The molecule has 1 aliphatic rings. The first-order valence-electron chi connectivity index (χ1n) is 4.67. The van der Waals surface area contributed by atoms with Gasteiger partial charge in [0, 0.05) is 0 Å². The maximum absolute atomic E-state index is 10.6. The van der Waals surface area contributed by atoms with E-state index in [0.717, 1.165) is 25.4 Å². The van der Waals surface area contributed by atoms with Crippen LogP contribution in [0.3, 0.4) is 0 Å². The summed E-state index contributed by atoms with van der Waals surface area (Å²) in [6.45, 7) is 0. The second-order valence-electron chi connectivity index (χ2n) is 3.65. The zero-order chi connectivity index (χ0) is 8.97. The monoisotopic (exact) mass is 188 g/mol. The minimum atomic E-state index is -0.594. The largest absolute Gasteiger partial charge is 0.481 e. The SMILES string of the molecule is O=C(O)C1CCC(CCCP)C1. The smallest absolute Gasteiger partial charge is 0.306 e. The maximum Gasteiger partial charge on any atom is 0.306 e. The van der Waals surface area contributed by atoms with Gasteiger partial charge in [0.15, 0.2) is 0 Å². The van der Waals surface area contributed by atoms with E-state index < -0.39 is 5.97 Å².